The fraction of sp³-hybridized carbons (Fsp3) is 0.111. The topological polar surface area (TPSA) is 104 Å². The molecule has 0 aliphatic heterocycles. The minimum atomic E-state index is 0.181. The van der Waals surface area contributed by atoms with Crippen LogP contribution in [0.2, 0.25) is 0 Å². The molecular formula is C18H15BrN6O2. The van der Waals surface area contributed by atoms with E-state index in [1.807, 2.05) is 53.1 Å². The Kier molecular flexibility index (Phi) is 4.59. The van der Waals surface area contributed by atoms with Crippen molar-refractivity contribution in [2.24, 2.45) is 5.16 Å². The molecule has 0 fully saturated rings. The SMILES string of the molecule is CON=C(Cn1c(-c2nonc2N)nc2ccccc21)c1ccc(Br)cc1. The lowest BCUT2D eigenvalue weighted by Crippen LogP contribution is -2.13. The maximum absolute atomic E-state index is 5.90. The minimum absolute atomic E-state index is 0.181. The maximum atomic E-state index is 5.90. The number of nitrogen functional groups attached to an aromatic ring is 1. The van der Waals surface area contributed by atoms with Gasteiger partial charge in [0, 0.05) is 10.0 Å². The van der Waals surface area contributed by atoms with Gasteiger partial charge in [0.05, 0.1) is 17.6 Å². The van der Waals surface area contributed by atoms with Crippen LogP contribution in [0.4, 0.5) is 5.82 Å². The number of hydrogen-bond donors (Lipinski definition) is 1. The van der Waals surface area contributed by atoms with Gasteiger partial charge >= 0.3 is 0 Å². The Morgan fingerprint density at radius 3 is 2.67 bits per heavy atom. The molecule has 9 heteroatoms. The number of para-hydroxylation sites is 2. The summed E-state index contributed by atoms with van der Waals surface area (Å²) >= 11 is 3.45. The highest BCUT2D eigenvalue weighted by Crippen LogP contribution is 2.27. The Morgan fingerprint density at radius 1 is 1.19 bits per heavy atom. The number of oxime groups is 1. The van der Waals surface area contributed by atoms with E-state index < -0.39 is 0 Å². The van der Waals surface area contributed by atoms with Gasteiger partial charge in [0.2, 0.25) is 0 Å². The highest BCUT2D eigenvalue weighted by molar-refractivity contribution is 9.10. The largest absolute Gasteiger partial charge is 0.399 e. The Bertz CT molecular complexity index is 1120. The Labute approximate surface area is 162 Å². The molecule has 0 unspecified atom stereocenters. The smallest absolute Gasteiger partial charge is 0.199 e. The summed E-state index contributed by atoms with van der Waals surface area (Å²) in [5, 5.41) is 11.8. The first kappa shape index (κ1) is 17.2. The van der Waals surface area contributed by atoms with Gasteiger partial charge in [0.15, 0.2) is 17.3 Å². The van der Waals surface area contributed by atoms with Gasteiger partial charge in [-0.1, -0.05) is 45.4 Å². The van der Waals surface area contributed by atoms with E-state index in [1.165, 1.54) is 7.11 Å². The van der Waals surface area contributed by atoms with E-state index in [0.29, 0.717) is 18.1 Å². The summed E-state index contributed by atoms with van der Waals surface area (Å²) in [6.45, 7) is 0.400. The fourth-order valence-electron chi connectivity index (χ4n) is 2.84. The van der Waals surface area contributed by atoms with E-state index in [1.54, 1.807) is 0 Å². The number of anilines is 1. The summed E-state index contributed by atoms with van der Waals surface area (Å²) in [6, 6.07) is 15.6. The van der Waals surface area contributed by atoms with Crippen molar-refractivity contribution in [1.82, 2.24) is 19.9 Å². The number of nitrogens with two attached hydrogens (primary N) is 1. The van der Waals surface area contributed by atoms with E-state index in [0.717, 1.165) is 26.8 Å². The van der Waals surface area contributed by atoms with Gasteiger partial charge < -0.3 is 15.1 Å². The average molecular weight is 427 g/mol. The number of imidazole rings is 1. The lowest BCUT2D eigenvalue weighted by molar-refractivity contribution is 0.212. The molecule has 0 aliphatic carbocycles. The van der Waals surface area contributed by atoms with E-state index in [-0.39, 0.29) is 5.82 Å². The Balaban J connectivity index is 1.85. The quantitative estimate of drug-likeness (QED) is 0.386. The summed E-state index contributed by atoms with van der Waals surface area (Å²) in [5.41, 5.74) is 9.66. The molecule has 0 saturated heterocycles. The molecule has 2 aromatic heterocycles. The van der Waals surface area contributed by atoms with Crippen molar-refractivity contribution in [3.05, 3.63) is 58.6 Å². The zero-order valence-corrected chi connectivity index (χ0v) is 15.9. The molecule has 0 spiro atoms. The van der Waals surface area contributed by atoms with Crippen molar-refractivity contribution < 1.29 is 9.47 Å². The molecule has 27 heavy (non-hydrogen) atoms. The van der Waals surface area contributed by atoms with Crippen LogP contribution in [0, 0.1) is 0 Å². The van der Waals surface area contributed by atoms with Crippen molar-refractivity contribution in [1.29, 1.82) is 0 Å². The number of fused-ring (bicyclic) bond motifs is 1. The van der Waals surface area contributed by atoms with Gasteiger partial charge in [-0.05, 0) is 34.6 Å². The summed E-state index contributed by atoms with van der Waals surface area (Å²) in [4.78, 5) is 9.73. The molecule has 2 heterocycles. The number of hydrogen-bond acceptors (Lipinski definition) is 7. The first-order valence-corrected chi connectivity index (χ1v) is 8.86. The molecule has 0 radical (unpaired) electrons. The van der Waals surface area contributed by atoms with Gasteiger partial charge in [0.25, 0.3) is 0 Å². The monoisotopic (exact) mass is 426 g/mol. The lowest BCUT2D eigenvalue weighted by atomic mass is 10.1. The minimum Gasteiger partial charge on any atom is -0.399 e. The summed E-state index contributed by atoms with van der Waals surface area (Å²) in [5.74, 6) is 0.733. The first-order valence-electron chi connectivity index (χ1n) is 8.07. The van der Waals surface area contributed by atoms with Crippen LogP contribution in [0.25, 0.3) is 22.6 Å². The van der Waals surface area contributed by atoms with E-state index in [2.05, 4.69) is 36.4 Å². The van der Waals surface area contributed by atoms with Gasteiger partial charge in [-0.3, -0.25) is 0 Å². The molecular weight excluding hydrogens is 412 g/mol. The third kappa shape index (κ3) is 3.28. The van der Waals surface area contributed by atoms with Crippen LogP contribution < -0.4 is 5.73 Å². The molecule has 2 aromatic carbocycles. The van der Waals surface area contributed by atoms with Crippen molar-refractivity contribution in [2.75, 3.05) is 12.8 Å². The lowest BCUT2D eigenvalue weighted by Gasteiger charge is -2.11. The zero-order chi connectivity index (χ0) is 18.8. The van der Waals surface area contributed by atoms with Gasteiger partial charge in [0.1, 0.15) is 12.8 Å². The Morgan fingerprint density at radius 2 is 1.96 bits per heavy atom. The molecule has 8 nitrogen and oxygen atoms in total. The standard InChI is InChI=1S/C18H15BrN6O2/c1-26-22-14(11-6-8-12(19)9-7-11)10-25-15-5-3-2-4-13(15)21-18(25)16-17(20)24-27-23-16/h2-9H,10H2,1H3,(H2,20,24). The summed E-state index contributed by atoms with van der Waals surface area (Å²) in [7, 11) is 1.52. The van der Waals surface area contributed by atoms with Crippen molar-refractivity contribution in [2.45, 2.75) is 6.54 Å². The van der Waals surface area contributed by atoms with E-state index >= 15 is 0 Å². The molecule has 0 amide bonds. The second kappa shape index (κ2) is 7.20. The second-order valence-corrected chi connectivity index (χ2v) is 6.65. The Hall–Kier alpha value is -3.20. The highest BCUT2D eigenvalue weighted by Gasteiger charge is 2.20. The molecule has 2 N–H and O–H groups in total. The molecule has 0 saturated carbocycles. The van der Waals surface area contributed by atoms with E-state index in [4.69, 9.17) is 15.2 Å². The highest BCUT2D eigenvalue weighted by atomic mass is 79.9. The van der Waals surface area contributed by atoms with Gasteiger partial charge in [-0.15, -0.1) is 0 Å². The molecule has 4 aromatic rings. The number of halogens is 1. The van der Waals surface area contributed by atoms with Crippen LogP contribution in [-0.2, 0) is 11.4 Å². The van der Waals surface area contributed by atoms with Gasteiger partial charge in [-0.2, -0.15) is 0 Å². The molecule has 0 atom stereocenters. The van der Waals surface area contributed by atoms with Crippen molar-refractivity contribution in [3.63, 3.8) is 0 Å². The normalized spacial score (nSPS) is 11.9. The van der Waals surface area contributed by atoms with Crippen LogP contribution in [0.3, 0.4) is 0 Å². The van der Waals surface area contributed by atoms with Crippen LogP contribution in [0.5, 0.6) is 0 Å². The summed E-state index contributed by atoms with van der Waals surface area (Å²) < 4.78 is 7.71. The average Bonchev–Trinajstić information content (AvgIpc) is 3.25. The number of nitrogens with zero attached hydrogens (tertiary/aromatic N) is 5. The fourth-order valence-corrected chi connectivity index (χ4v) is 3.11. The number of rotatable bonds is 5. The van der Waals surface area contributed by atoms with Crippen molar-refractivity contribution >= 4 is 38.5 Å². The maximum Gasteiger partial charge on any atom is 0.199 e. The number of benzene rings is 2. The third-order valence-corrected chi connectivity index (χ3v) is 4.60. The molecule has 4 rings (SSSR count). The first-order chi connectivity index (χ1) is 13.2. The van der Waals surface area contributed by atoms with Crippen molar-refractivity contribution in [3.8, 4) is 11.5 Å². The molecule has 0 bridgehead atoms. The van der Waals surface area contributed by atoms with E-state index in [9.17, 15) is 0 Å². The van der Waals surface area contributed by atoms with Gasteiger partial charge in [-0.25, -0.2) is 9.61 Å². The third-order valence-electron chi connectivity index (χ3n) is 4.07. The van der Waals surface area contributed by atoms with Crippen LogP contribution in [-0.4, -0.2) is 32.7 Å². The molecule has 136 valence electrons. The van der Waals surface area contributed by atoms with Crippen LogP contribution in [0.1, 0.15) is 5.56 Å². The number of aromatic nitrogens is 4. The predicted molar refractivity (Wildman–Crippen MR) is 105 cm³/mol. The van der Waals surface area contributed by atoms with Crippen LogP contribution >= 0.6 is 15.9 Å². The predicted octanol–water partition coefficient (Wildman–Crippen LogP) is 3.48. The van der Waals surface area contributed by atoms with Crippen LogP contribution in [0.15, 0.2) is 62.8 Å². The zero-order valence-electron chi connectivity index (χ0n) is 14.3. The second-order valence-electron chi connectivity index (χ2n) is 5.74. The summed E-state index contributed by atoms with van der Waals surface area (Å²) in [6.07, 6.45) is 0. The molecule has 0 aliphatic rings.